The van der Waals surface area contributed by atoms with Crippen LogP contribution < -0.4 is 15.4 Å². The van der Waals surface area contributed by atoms with Crippen LogP contribution in [0.1, 0.15) is 15.9 Å². The Kier molecular flexibility index (Phi) is 5.34. The van der Waals surface area contributed by atoms with E-state index in [1.165, 1.54) is 12.4 Å². The fourth-order valence-electron chi connectivity index (χ4n) is 2.19. The Morgan fingerprint density at radius 1 is 1.04 bits per heavy atom. The lowest BCUT2D eigenvalue weighted by Gasteiger charge is -2.08. The summed E-state index contributed by atoms with van der Waals surface area (Å²) >= 11 is 6.07. The van der Waals surface area contributed by atoms with Crippen LogP contribution in [0.15, 0.2) is 54.9 Å². The summed E-state index contributed by atoms with van der Waals surface area (Å²) in [5, 5.41) is 6.42. The minimum absolute atomic E-state index is 0.305. The maximum Gasteiger partial charge on any atom is 0.258 e. The third-order valence-electron chi connectivity index (χ3n) is 3.69. The molecule has 1 aromatic heterocycles. The zero-order valence-electron chi connectivity index (χ0n) is 14.3. The molecule has 0 radical (unpaired) electrons. The summed E-state index contributed by atoms with van der Waals surface area (Å²) < 4.78 is 5.11. The molecular weight excluding hydrogens is 352 g/mol. The number of methoxy groups -OCH3 is 1. The van der Waals surface area contributed by atoms with Crippen molar-refractivity contribution in [1.82, 2.24) is 9.97 Å². The molecule has 3 rings (SSSR count). The van der Waals surface area contributed by atoms with E-state index in [1.807, 2.05) is 37.3 Å². The number of carbonyl (C=O) groups is 1. The zero-order chi connectivity index (χ0) is 18.5. The Morgan fingerprint density at radius 2 is 1.69 bits per heavy atom. The van der Waals surface area contributed by atoms with Gasteiger partial charge in [0.2, 0.25) is 5.95 Å². The van der Waals surface area contributed by atoms with Gasteiger partial charge in [-0.05, 0) is 48.9 Å². The number of aromatic nitrogens is 2. The number of rotatable bonds is 5. The molecule has 0 bridgehead atoms. The molecule has 0 unspecified atom stereocenters. The van der Waals surface area contributed by atoms with E-state index in [2.05, 4.69) is 20.6 Å². The lowest BCUT2D eigenvalue weighted by molar-refractivity contribution is 0.102. The molecule has 1 heterocycles. The molecular formula is C19H17ClN4O2. The van der Waals surface area contributed by atoms with Gasteiger partial charge in [-0.3, -0.25) is 4.79 Å². The van der Waals surface area contributed by atoms with Gasteiger partial charge in [0.05, 0.1) is 12.7 Å². The van der Waals surface area contributed by atoms with Crippen molar-refractivity contribution in [3.63, 3.8) is 0 Å². The average Bonchev–Trinajstić information content (AvgIpc) is 2.66. The SMILES string of the molecule is COc1ccc(Nc2ncc(C(=O)Nc3ccc(C)c(Cl)c3)cn2)cc1. The summed E-state index contributed by atoms with van der Waals surface area (Å²) in [6.45, 7) is 1.90. The second kappa shape index (κ2) is 7.84. The van der Waals surface area contributed by atoms with Gasteiger partial charge in [-0.25, -0.2) is 9.97 Å². The van der Waals surface area contributed by atoms with Gasteiger partial charge in [0.1, 0.15) is 5.75 Å². The number of anilines is 3. The van der Waals surface area contributed by atoms with Crippen molar-refractivity contribution in [2.24, 2.45) is 0 Å². The highest BCUT2D eigenvalue weighted by molar-refractivity contribution is 6.31. The Labute approximate surface area is 156 Å². The molecule has 6 nitrogen and oxygen atoms in total. The number of hydrogen-bond acceptors (Lipinski definition) is 5. The lowest BCUT2D eigenvalue weighted by atomic mass is 10.2. The highest BCUT2D eigenvalue weighted by Gasteiger charge is 2.09. The van der Waals surface area contributed by atoms with Crippen LogP contribution in [-0.4, -0.2) is 23.0 Å². The van der Waals surface area contributed by atoms with Gasteiger partial charge < -0.3 is 15.4 Å². The number of hydrogen-bond donors (Lipinski definition) is 2. The third-order valence-corrected chi connectivity index (χ3v) is 4.10. The number of ether oxygens (including phenoxy) is 1. The van der Waals surface area contributed by atoms with Crippen molar-refractivity contribution in [2.45, 2.75) is 6.92 Å². The predicted octanol–water partition coefficient (Wildman–Crippen LogP) is 4.44. The van der Waals surface area contributed by atoms with Gasteiger partial charge in [-0.2, -0.15) is 0 Å². The molecule has 2 aromatic carbocycles. The molecule has 0 aliphatic heterocycles. The molecule has 3 aromatic rings. The van der Waals surface area contributed by atoms with E-state index in [9.17, 15) is 4.79 Å². The van der Waals surface area contributed by atoms with Crippen LogP contribution in [0.4, 0.5) is 17.3 Å². The van der Waals surface area contributed by atoms with Crippen LogP contribution in [-0.2, 0) is 0 Å². The third kappa shape index (κ3) is 4.29. The number of aryl methyl sites for hydroxylation is 1. The van der Waals surface area contributed by atoms with E-state index in [1.54, 1.807) is 19.2 Å². The van der Waals surface area contributed by atoms with E-state index in [0.717, 1.165) is 17.0 Å². The van der Waals surface area contributed by atoms with E-state index >= 15 is 0 Å². The summed E-state index contributed by atoms with van der Waals surface area (Å²) in [7, 11) is 1.61. The van der Waals surface area contributed by atoms with Crippen LogP contribution >= 0.6 is 11.6 Å². The standard InChI is InChI=1S/C19H17ClN4O2/c1-12-3-4-15(9-17(12)20)23-18(25)13-10-21-19(22-11-13)24-14-5-7-16(26-2)8-6-14/h3-11H,1-2H3,(H,23,25)(H,21,22,24). The highest BCUT2D eigenvalue weighted by Crippen LogP contribution is 2.21. The van der Waals surface area contributed by atoms with Crippen molar-refractivity contribution >= 4 is 34.8 Å². The molecule has 26 heavy (non-hydrogen) atoms. The van der Waals surface area contributed by atoms with Gasteiger partial charge in [-0.1, -0.05) is 17.7 Å². The van der Waals surface area contributed by atoms with Crippen LogP contribution in [0.2, 0.25) is 5.02 Å². The number of benzene rings is 2. The minimum Gasteiger partial charge on any atom is -0.497 e. The van der Waals surface area contributed by atoms with Gasteiger partial charge in [0.15, 0.2) is 0 Å². The lowest BCUT2D eigenvalue weighted by Crippen LogP contribution is -2.13. The summed E-state index contributed by atoms with van der Waals surface area (Å²) in [4.78, 5) is 20.6. The van der Waals surface area contributed by atoms with E-state index in [-0.39, 0.29) is 5.91 Å². The monoisotopic (exact) mass is 368 g/mol. The largest absolute Gasteiger partial charge is 0.497 e. The molecule has 0 aliphatic carbocycles. The summed E-state index contributed by atoms with van der Waals surface area (Å²) in [6, 6.07) is 12.7. The van der Waals surface area contributed by atoms with Crippen molar-refractivity contribution in [3.05, 3.63) is 71.0 Å². The number of amides is 1. The van der Waals surface area contributed by atoms with Crippen molar-refractivity contribution < 1.29 is 9.53 Å². The molecule has 132 valence electrons. The Hall–Kier alpha value is -3.12. The van der Waals surface area contributed by atoms with E-state index < -0.39 is 0 Å². The van der Waals surface area contributed by atoms with Crippen LogP contribution in [0.5, 0.6) is 5.75 Å². The van der Waals surface area contributed by atoms with Crippen molar-refractivity contribution in [2.75, 3.05) is 17.7 Å². The summed E-state index contributed by atoms with van der Waals surface area (Å²) in [6.07, 6.45) is 2.92. The van der Waals surface area contributed by atoms with Gasteiger partial charge in [-0.15, -0.1) is 0 Å². The molecule has 0 saturated carbocycles. The quantitative estimate of drug-likeness (QED) is 0.696. The first kappa shape index (κ1) is 17.7. The molecule has 0 fully saturated rings. The molecule has 2 N–H and O–H groups in total. The van der Waals surface area contributed by atoms with Crippen LogP contribution in [0.3, 0.4) is 0 Å². The van der Waals surface area contributed by atoms with E-state index in [4.69, 9.17) is 16.3 Å². The maximum atomic E-state index is 12.3. The first-order valence-electron chi connectivity index (χ1n) is 7.86. The Bertz CT molecular complexity index is 912. The van der Waals surface area contributed by atoms with Gasteiger partial charge in [0.25, 0.3) is 5.91 Å². The average molecular weight is 369 g/mol. The zero-order valence-corrected chi connectivity index (χ0v) is 15.0. The smallest absolute Gasteiger partial charge is 0.258 e. The van der Waals surface area contributed by atoms with E-state index in [0.29, 0.717) is 22.2 Å². The number of halogens is 1. The van der Waals surface area contributed by atoms with Gasteiger partial charge >= 0.3 is 0 Å². The fourth-order valence-corrected chi connectivity index (χ4v) is 2.37. The second-order valence-electron chi connectivity index (χ2n) is 5.57. The number of carbonyl (C=O) groups excluding carboxylic acids is 1. The van der Waals surface area contributed by atoms with Crippen LogP contribution in [0, 0.1) is 6.92 Å². The first-order chi connectivity index (χ1) is 12.5. The fraction of sp³-hybridized carbons (Fsp3) is 0.105. The molecule has 0 spiro atoms. The molecule has 0 aliphatic rings. The summed E-state index contributed by atoms with van der Waals surface area (Å²) in [5.74, 6) is 0.853. The summed E-state index contributed by atoms with van der Waals surface area (Å²) in [5.41, 5.74) is 2.73. The second-order valence-corrected chi connectivity index (χ2v) is 5.97. The van der Waals surface area contributed by atoms with Crippen molar-refractivity contribution in [1.29, 1.82) is 0 Å². The molecule has 0 atom stereocenters. The maximum absolute atomic E-state index is 12.3. The minimum atomic E-state index is -0.305. The van der Waals surface area contributed by atoms with Gasteiger partial charge in [0, 0.05) is 28.8 Å². The first-order valence-corrected chi connectivity index (χ1v) is 8.23. The topological polar surface area (TPSA) is 76.1 Å². The van der Waals surface area contributed by atoms with Crippen LogP contribution in [0.25, 0.3) is 0 Å². The number of nitrogens with zero attached hydrogens (tertiary/aromatic N) is 2. The predicted molar refractivity (Wildman–Crippen MR) is 102 cm³/mol. The van der Waals surface area contributed by atoms with Crippen molar-refractivity contribution in [3.8, 4) is 5.75 Å². The Morgan fingerprint density at radius 3 is 2.31 bits per heavy atom. The molecule has 0 saturated heterocycles. The normalized spacial score (nSPS) is 10.3. The highest BCUT2D eigenvalue weighted by atomic mass is 35.5. The molecule has 7 heteroatoms. The number of nitrogens with one attached hydrogen (secondary N) is 2. The Balaban J connectivity index is 1.66. The molecule has 1 amide bonds.